The minimum Gasteiger partial charge on any atom is -0.466 e. The minimum absolute atomic E-state index is 0.0178. The molecule has 0 radical (unpaired) electrons. The van der Waals surface area contributed by atoms with Crippen molar-refractivity contribution in [2.24, 2.45) is 0 Å². The van der Waals surface area contributed by atoms with E-state index in [4.69, 9.17) is 4.74 Å². The molecule has 0 bridgehead atoms. The number of carbonyl (C=O) groups excluding carboxylic acids is 2. The van der Waals surface area contributed by atoms with E-state index < -0.39 is 12.1 Å². The molecule has 63 heavy (non-hydrogen) atoms. The fourth-order valence-corrected chi connectivity index (χ4v) is 8.07. The first-order valence-corrected chi connectivity index (χ1v) is 27.4. The summed E-state index contributed by atoms with van der Waals surface area (Å²) in [6, 6.07) is -0.639. The molecule has 0 aliphatic carbocycles. The van der Waals surface area contributed by atoms with Crippen molar-refractivity contribution >= 4 is 11.9 Å². The number of nitrogens with one attached hydrogen (secondary N) is 1. The first-order chi connectivity index (χ1) is 31.0. The van der Waals surface area contributed by atoms with E-state index in [1.54, 1.807) is 6.08 Å². The lowest BCUT2D eigenvalue weighted by Gasteiger charge is -2.20. The number of esters is 1. The number of aliphatic hydroxyl groups is 2. The smallest absolute Gasteiger partial charge is 0.305 e. The SMILES string of the molecule is CCCCCCCC/C=C\CCCCCCCCCCCC(=O)OCCCCC/C=C\C/C=C\CCCCCCCCCC(=O)NC(CO)C(O)/C=C/CCCCCCCCCC. The van der Waals surface area contributed by atoms with Crippen LogP contribution in [0.1, 0.15) is 277 Å². The van der Waals surface area contributed by atoms with E-state index in [1.165, 1.54) is 167 Å². The number of amides is 1. The third-order valence-corrected chi connectivity index (χ3v) is 12.3. The molecule has 0 fully saturated rings. The summed E-state index contributed by atoms with van der Waals surface area (Å²) in [6.07, 6.45) is 65.6. The summed E-state index contributed by atoms with van der Waals surface area (Å²) in [4.78, 5) is 24.4. The molecule has 0 aromatic carbocycles. The molecule has 0 aromatic rings. The number of allylic oxidation sites excluding steroid dienone is 7. The van der Waals surface area contributed by atoms with Crippen molar-refractivity contribution in [2.45, 2.75) is 289 Å². The molecule has 0 aliphatic heterocycles. The summed E-state index contributed by atoms with van der Waals surface area (Å²) >= 11 is 0. The molecule has 3 N–H and O–H groups in total. The van der Waals surface area contributed by atoms with Gasteiger partial charge in [-0.05, 0) is 96.3 Å². The van der Waals surface area contributed by atoms with Crippen LogP contribution in [-0.2, 0) is 14.3 Å². The Kier molecular flexibility index (Phi) is 50.6. The Morgan fingerprint density at radius 3 is 1.22 bits per heavy atom. The lowest BCUT2D eigenvalue weighted by Crippen LogP contribution is -2.45. The van der Waals surface area contributed by atoms with Crippen LogP contribution in [0.2, 0.25) is 0 Å². The molecule has 6 nitrogen and oxygen atoms in total. The molecular weight excluding hydrogens is 779 g/mol. The molecule has 0 aromatic heterocycles. The zero-order valence-corrected chi connectivity index (χ0v) is 41.8. The van der Waals surface area contributed by atoms with Crippen LogP contribution in [0.15, 0.2) is 48.6 Å². The van der Waals surface area contributed by atoms with E-state index in [-0.39, 0.29) is 18.5 Å². The molecular formula is C57H105NO5. The van der Waals surface area contributed by atoms with Gasteiger partial charge in [0.05, 0.1) is 25.4 Å². The number of aliphatic hydroxyl groups excluding tert-OH is 2. The summed E-state index contributed by atoms with van der Waals surface area (Å²) in [5, 5.41) is 22.9. The van der Waals surface area contributed by atoms with Gasteiger partial charge < -0.3 is 20.3 Å². The Balaban J connectivity index is 3.49. The zero-order valence-electron chi connectivity index (χ0n) is 41.8. The molecule has 0 heterocycles. The van der Waals surface area contributed by atoms with Crippen LogP contribution < -0.4 is 5.32 Å². The summed E-state index contributed by atoms with van der Waals surface area (Å²) in [7, 11) is 0. The second-order valence-electron chi connectivity index (χ2n) is 18.5. The zero-order chi connectivity index (χ0) is 45.8. The van der Waals surface area contributed by atoms with E-state index in [2.05, 4.69) is 55.6 Å². The summed E-state index contributed by atoms with van der Waals surface area (Å²) in [5.74, 6) is -0.105. The Morgan fingerprint density at radius 2 is 0.794 bits per heavy atom. The number of rotatable bonds is 50. The lowest BCUT2D eigenvalue weighted by molar-refractivity contribution is -0.143. The third kappa shape index (κ3) is 49.1. The Labute approximate surface area is 391 Å². The maximum absolute atomic E-state index is 12.4. The third-order valence-electron chi connectivity index (χ3n) is 12.3. The van der Waals surface area contributed by atoms with Crippen LogP contribution in [0.25, 0.3) is 0 Å². The van der Waals surface area contributed by atoms with Gasteiger partial charge >= 0.3 is 5.97 Å². The van der Waals surface area contributed by atoms with Crippen LogP contribution in [0, 0.1) is 0 Å². The molecule has 0 saturated carbocycles. The fourth-order valence-electron chi connectivity index (χ4n) is 8.07. The molecule has 1 amide bonds. The molecule has 2 atom stereocenters. The van der Waals surface area contributed by atoms with E-state index in [0.29, 0.717) is 19.4 Å². The molecule has 0 spiro atoms. The highest BCUT2D eigenvalue weighted by molar-refractivity contribution is 5.76. The predicted molar refractivity (Wildman–Crippen MR) is 273 cm³/mol. The summed E-state index contributed by atoms with van der Waals surface area (Å²) in [5.41, 5.74) is 0. The average molecular weight is 884 g/mol. The molecule has 0 saturated heterocycles. The number of hydrogen-bond donors (Lipinski definition) is 3. The van der Waals surface area contributed by atoms with Crippen LogP contribution >= 0.6 is 0 Å². The monoisotopic (exact) mass is 884 g/mol. The Hall–Kier alpha value is -2.18. The van der Waals surface area contributed by atoms with E-state index in [9.17, 15) is 19.8 Å². The van der Waals surface area contributed by atoms with Crippen LogP contribution in [0.3, 0.4) is 0 Å². The number of unbranched alkanes of at least 4 members (excludes halogenated alkanes) is 33. The Morgan fingerprint density at radius 1 is 0.444 bits per heavy atom. The van der Waals surface area contributed by atoms with Crippen molar-refractivity contribution in [3.63, 3.8) is 0 Å². The fraction of sp³-hybridized carbons (Fsp3) is 0.825. The predicted octanol–water partition coefficient (Wildman–Crippen LogP) is 16.6. The normalized spacial score (nSPS) is 13.0. The highest BCUT2D eigenvalue weighted by Gasteiger charge is 2.18. The highest BCUT2D eigenvalue weighted by atomic mass is 16.5. The van der Waals surface area contributed by atoms with Gasteiger partial charge in [0.15, 0.2) is 0 Å². The van der Waals surface area contributed by atoms with Gasteiger partial charge in [-0.25, -0.2) is 0 Å². The van der Waals surface area contributed by atoms with Gasteiger partial charge in [-0.1, -0.05) is 217 Å². The van der Waals surface area contributed by atoms with Crippen LogP contribution in [-0.4, -0.2) is 47.4 Å². The maximum atomic E-state index is 12.4. The second-order valence-corrected chi connectivity index (χ2v) is 18.5. The number of hydrogen-bond acceptors (Lipinski definition) is 5. The maximum Gasteiger partial charge on any atom is 0.305 e. The topological polar surface area (TPSA) is 95.9 Å². The summed E-state index contributed by atoms with van der Waals surface area (Å²) in [6.45, 7) is 4.83. The minimum atomic E-state index is -0.854. The van der Waals surface area contributed by atoms with E-state index >= 15 is 0 Å². The van der Waals surface area contributed by atoms with Crippen LogP contribution in [0.5, 0.6) is 0 Å². The van der Waals surface area contributed by atoms with Gasteiger partial charge in [-0.15, -0.1) is 0 Å². The summed E-state index contributed by atoms with van der Waals surface area (Å²) < 4.78 is 5.46. The van der Waals surface area contributed by atoms with E-state index in [0.717, 1.165) is 83.5 Å². The van der Waals surface area contributed by atoms with Crippen molar-refractivity contribution in [3.8, 4) is 0 Å². The van der Waals surface area contributed by atoms with Gasteiger partial charge in [0.1, 0.15) is 0 Å². The highest BCUT2D eigenvalue weighted by Crippen LogP contribution is 2.15. The molecule has 0 rings (SSSR count). The first kappa shape index (κ1) is 60.8. The quantitative estimate of drug-likeness (QED) is 0.0321. The van der Waals surface area contributed by atoms with E-state index in [1.807, 2.05) is 6.08 Å². The van der Waals surface area contributed by atoms with Crippen molar-refractivity contribution in [3.05, 3.63) is 48.6 Å². The van der Waals surface area contributed by atoms with Crippen molar-refractivity contribution in [1.29, 1.82) is 0 Å². The molecule has 0 aliphatic rings. The van der Waals surface area contributed by atoms with Gasteiger partial charge in [0, 0.05) is 12.8 Å². The lowest BCUT2D eigenvalue weighted by atomic mass is 10.1. The second kappa shape index (κ2) is 52.4. The van der Waals surface area contributed by atoms with Gasteiger partial charge in [-0.3, -0.25) is 9.59 Å². The molecule has 368 valence electrons. The number of carbonyl (C=O) groups is 2. The molecule has 6 heteroatoms. The van der Waals surface area contributed by atoms with Gasteiger partial charge in [0.25, 0.3) is 0 Å². The van der Waals surface area contributed by atoms with Crippen LogP contribution in [0.4, 0.5) is 0 Å². The largest absolute Gasteiger partial charge is 0.466 e. The van der Waals surface area contributed by atoms with Crippen molar-refractivity contribution in [2.75, 3.05) is 13.2 Å². The van der Waals surface area contributed by atoms with Gasteiger partial charge in [0.2, 0.25) is 5.91 Å². The average Bonchev–Trinajstić information content (AvgIpc) is 3.28. The standard InChI is InChI=1S/C57H105NO5/c1-3-5-7-9-11-13-15-16-17-18-19-22-25-28-31-35-39-43-47-51-57(62)63-52-48-44-40-36-32-29-26-23-20-21-24-27-30-34-38-42-46-50-56(61)58-54(53-59)55(60)49-45-41-37-33-14-12-10-8-6-4-2/h16-17,20,23,29,32,45,49,54-55,59-60H,3-15,18-19,21-22,24-28,30-31,33-44,46-48,50-53H2,1-2H3,(H,58,61)/b17-16-,23-20-,32-29-,49-45+. The molecule has 2 unspecified atom stereocenters. The van der Waals surface area contributed by atoms with Crippen molar-refractivity contribution in [1.82, 2.24) is 5.32 Å². The number of ether oxygens (including phenoxy) is 1. The Bertz CT molecular complexity index is 1070. The van der Waals surface area contributed by atoms with Crippen molar-refractivity contribution < 1.29 is 24.5 Å². The van der Waals surface area contributed by atoms with Gasteiger partial charge in [-0.2, -0.15) is 0 Å². The first-order valence-electron chi connectivity index (χ1n) is 27.4.